The van der Waals surface area contributed by atoms with Gasteiger partial charge in [-0.15, -0.1) is 0 Å². The fourth-order valence-corrected chi connectivity index (χ4v) is 3.16. The summed E-state index contributed by atoms with van der Waals surface area (Å²) in [5.74, 6) is 0.896. The van der Waals surface area contributed by atoms with E-state index in [1.807, 2.05) is 63.5 Å². The second-order valence-electron chi connectivity index (χ2n) is 6.90. The molecule has 0 bridgehead atoms. The van der Waals surface area contributed by atoms with Gasteiger partial charge in [0.2, 0.25) is 0 Å². The third-order valence-electron chi connectivity index (χ3n) is 4.36. The van der Waals surface area contributed by atoms with E-state index in [-0.39, 0.29) is 5.91 Å². The summed E-state index contributed by atoms with van der Waals surface area (Å²) >= 11 is 0. The Morgan fingerprint density at radius 3 is 2.54 bits per heavy atom. The van der Waals surface area contributed by atoms with E-state index in [4.69, 9.17) is 0 Å². The van der Waals surface area contributed by atoms with Crippen LogP contribution in [0.25, 0.3) is 11.0 Å². The summed E-state index contributed by atoms with van der Waals surface area (Å²) < 4.78 is 2.21. The average molecular weight is 350 g/mol. The van der Waals surface area contributed by atoms with Crippen molar-refractivity contribution in [2.75, 3.05) is 19.4 Å². The molecule has 26 heavy (non-hydrogen) atoms. The summed E-state index contributed by atoms with van der Waals surface area (Å²) in [6.45, 7) is 5.98. The van der Waals surface area contributed by atoms with Gasteiger partial charge >= 0.3 is 0 Å². The number of nitrogens with one attached hydrogen (secondary N) is 1. The molecule has 5 nitrogen and oxygen atoms in total. The zero-order valence-corrected chi connectivity index (χ0v) is 15.9. The minimum Gasteiger partial charge on any atom is -0.328 e. The first-order valence-electron chi connectivity index (χ1n) is 9.00. The van der Waals surface area contributed by atoms with Crippen LogP contribution in [0.2, 0.25) is 0 Å². The van der Waals surface area contributed by atoms with E-state index in [1.54, 1.807) is 0 Å². The summed E-state index contributed by atoms with van der Waals surface area (Å²) in [5.41, 5.74) is 4.62. The number of aromatic nitrogens is 2. The molecular weight excluding hydrogens is 324 g/mol. The number of hydrogen-bond donors (Lipinski definition) is 1. The molecule has 136 valence electrons. The summed E-state index contributed by atoms with van der Waals surface area (Å²) in [5, 5.41) is 2.97. The van der Waals surface area contributed by atoms with Crippen molar-refractivity contribution in [1.29, 1.82) is 0 Å². The minimum atomic E-state index is -0.106. The first-order chi connectivity index (χ1) is 12.5. The molecule has 0 aliphatic carbocycles. The Morgan fingerprint density at radius 1 is 1.15 bits per heavy atom. The topological polar surface area (TPSA) is 50.2 Å². The summed E-state index contributed by atoms with van der Waals surface area (Å²) in [4.78, 5) is 19.2. The molecule has 0 saturated carbocycles. The van der Waals surface area contributed by atoms with E-state index in [9.17, 15) is 4.79 Å². The van der Waals surface area contributed by atoms with Gasteiger partial charge in [0.05, 0.1) is 11.0 Å². The van der Waals surface area contributed by atoms with Crippen molar-refractivity contribution < 1.29 is 4.79 Å². The maximum atomic E-state index is 12.5. The van der Waals surface area contributed by atoms with Crippen LogP contribution in [0.4, 0.5) is 5.69 Å². The molecule has 0 atom stereocenters. The Morgan fingerprint density at radius 2 is 1.88 bits per heavy atom. The molecule has 1 heterocycles. The van der Waals surface area contributed by atoms with Crippen LogP contribution in [0.15, 0.2) is 42.5 Å². The van der Waals surface area contributed by atoms with E-state index in [1.165, 1.54) is 5.56 Å². The molecule has 3 rings (SSSR count). The molecule has 1 N–H and O–H groups in total. The highest BCUT2D eigenvalue weighted by Crippen LogP contribution is 2.21. The first-order valence-corrected chi connectivity index (χ1v) is 9.00. The van der Waals surface area contributed by atoms with Crippen LogP contribution >= 0.6 is 0 Å². The van der Waals surface area contributed by atoms with Crippen molar-refractivity contribution in [3.63, 3.8) is 0 Å². The lowest BCUT2D eigenvalue weighted by molar-refractivity contribution is 0.102. The van der Waals surface area contributed by atoms with Crippen molar-refractivity contribution in [2.45, 2.75) is 33.4 Å². The van der Waals surface area contributed by atoms with Crippen LogP contribution in [0.3, 0.4) is 0 Å². The predicted octanol–water partition coefficient (Wildman–Crippen LogP) is 4.07. The molecule has 0 aliphatic heterocycles. The van der Waals surface area contributed by atoms with Crippen LogP contribution in [0, 0.1) is 6.92 Å². The zero-order valence-electron chi connectivity index (χ0n) is 15.9. The molecule has 0 radical (unpaired) electrons. The van der Waals surface area contributed by atoms with Crippen LogP contribution in [-0.2, 0) is 13.1 Å². The van der Waals surface area contributed by atoms with Gasteiger partial charge < -0.3 is 14.8 Å². The second-order valence-corrected chi connectivity index (χ2v) is 6.90. The Balaban J connectivity index is 1.76. The molecule has 5 heteroatoms. The number of nitrogens with zero attached hydrogens (tertiary/aromatic N) is 3. The average Bonchev–Trinajstić information content (AvgIpc) is 2.90. The summed E-state index contributed by atoms with van der Waals surface area (Å²) in [7, 11) is 4.06. The summed E-state index contributed by atoms with van der Waals surface area (Å²) in [6, 6.07) is 13.6. The minimum absolute atomic E-state index is 0.106. The van der Waals surface area contributed by atoms with Crippen LogP contribution < -0.4 is 5.32 Å². The number of imidazole rings is 1. The van der Waals surface area contributed by atoms with Gasteiger partial charge in [0.15, 0.2) is 0 Å². The molecule has 0 aliphatic rings. The highest BCUT2D eigenvalue weighted by atomic mass is 16.1. The number of benzene rings is 2. The van der Waals surface area contributed by atoms with Crippen LogP contribution in [-0.4, -0.2) is 34.5 Å². The monoisotopic (exact) mass is 350 g/mol. The van der Waals surface area contributed by atoms with Crippen molar-refractivity contribution in [1.82, 2.24) is 14.5 Å². The number of carbonyl (C=O) groups excluding carboxylic acids is 1. The van der Waals surface area contributed by atoms with Crippen molar-refractivity contribution >= 4 is 22.6 Å². The fraction of sp³-hybridized carbons (Fsp3) is 0.333. The lowest BCUT2D eigenvalue weighted by Gasteiger charge is -2.10. The Labute approximate surface area is 154 Å². The Kier molecular flexibility index (Phi) is 5.38. The number of fused-ring (bicyclic) bond motifs is 1. The lowest BCUT2D eigenvalue weighted by Crippen LogP contribution is -2.13. The van der Waals surface area contributed by atoms with E-state index in [2.05, 4.69) is 26.7 Å². The van der Waals surface area contributed by atoms with Gasteiger partial charge in [-0.05, 0) is 63.3 Å². The number of aryl methyl sites for hydroxylation is 2. The normalized spacial score (nSPS) is 11.3. The third-order valence-corrected chi connectivity index (χ3v) is 4.36. The van der Waals surface area contributed by atoms with E-state index >= 15 is 0 Å². The maximum Gasteiger partial charge on any atom is 0.255 e. The Bertz CT molecular complexity index is 910. The molecule has 0 unspecified atom stereocenters. The Hall–Kier alpha value is -2.66. The van der Waals surface area contributed by atoms with E-state index < -0.39 is 0 Å². The van der Waals surface area contributed by atoms with Crippen molar-refractivity contribution in [3.8, 4) is 0 Å². The SMILES string of the molecule is CCCn1c(C)nc2cc(NC(=O)c3ccc(CN(C)C)cc3)ccc21. The van der Waals surface area contributed by atoms with Gasteiger partial charge in [-0.1, -0.05) is 19.1 Å². The number of anilines is 1. The standard InChI is InChI=1S/C21H26N4O/c1-5-12-25-15(2)22-19-13-18(10-11-20(19)25)23-21(26)17-8-6-16(7-9-17)14-24(3)4/h6-11,13H,5,12,14H2,1-4H3,(H,23,26). The molecular formula is C21H26N4O. The molecule has 0 fully saturated rings. The maximum absolute atomic E-state index is 12.5. The number of amides is 1. The van der Waals surface area contributed by atoms with Crippen LogP contribution in [0.1, 0.15) is 35.1 Å². The van der Waals surface area contributed by atoms with Crippen LogP contribution in [0.5, 0.6) is 0 Å². The third kappa shape index (κ3) is 3.94. The molecule has 2 aromatic carbocycles. The van der Waals surface area contributed by atoms with Gasteiger partial charge in [-0.3, -0.25) is 4.79 Å². The fourth-order valence-electron chi connectivity index (χ4n) is 3.16. The van der Waals surface area contributed by atoms with Crippen molar-refractivity contribution in [2.24, 2.45) is 0 Å². The van der Waals surface area contributed by atoms with Gasteiger partial charge in [0.25, 0.3) is 5.91 Å². The smallest absolute Gasteiger partial charge is 0.255 e. The first kappa shape index (κ1) is 18.1. The molecule has 0 spiro atoms. The second kappa shape index (κ2) is 7.70. The van der Waals surface area contributed by atoms with Gasteiger partial charge in [-0.25, -0.2) is 4.98 Å². The molecule has 1 amide bonds. The summed E-state index contributed by atoms with van der Waals surface area (Å²) in [6.07, 6.45) is 1.06. The molecule has 1 aromatic heterocycles. The largest absolute Gasteiger partial charge is 0.328 e. The predicted molar refractivity (Wildman–Crippen MR) is 107 cm³/mol. The van der Waals surface area contributed by atoms with Gasteiger partial charge in [0, 0.05) is 24.3 Å². The number of carbonyl (C=O) groups is 1. The van der Waals surface area contributed by atoms with Gasteiger partial charge in [0.1, 0.15) is 5.82 Å². The number of rotatable bonds is 6. The molecule has 0 saturated heterocycles. The van der Waals surface area contributed by atoms with Gasteiger partial charge in [-0.2, -0.15) is 0 Å². The lowest BCUT2D eigenvalue weighted by atomic mass is 10.1. The quantitative estimate of drug-likeness (QED) is 0.729. The highest BCUT2D eigenvalue weighted by molar-refractivity contribution is 6.05. The van der Waals surface area contributed by atoms with Crippen molar-refractivity contribution in [3.05, 3.63) is 59.4 Å². The zero-order chi connectivity index (χ0) is 18.7. The highest BCUT2D eigenvalue weighted by Gasteiger charge is 2.10. The number of hydrogen-bond acceptors (Lipinski definition) is 3. The molecule has 3 aromatic rings. The van der Waals surface area contributed by atoms with E-state index in [0.29, 0.717) is 5.56 Å². The van der Waals surface area contributed by atoms with E-state index in [0.717, 1.165) is 42.1 Å².